The van der Waals surface area contributed by atoms with E-state index < -0.39 is 5.54 Å². The lowest BCUT2D eigenvalue weighted by Crippen LogP contribution is -2.61. The van der Waals surface area contributed by atoms with Crippen molar-refractivity contribution in [2.24, 2.45) is 0 Å². The van der Waals surface area contributed by atoms with E-state index in [-0.39, 0.29) is 28.4 Å². The molecule has 0 N–H and O–H groups in total. The van der Waals surface area contributed by atoms with Gasteiger partial charge in [-0.05, 0) is 186 Å². The molecule has 2 aliphatic carbocycles. The van der Waals surface area contributed by atoms with Crippen LogP contribution in [0.15, 0.2) is 242 Å². The molecule has 0 aromatic heterocycles. The molecular formula is C83H76BN3. The highest BCUT2D eigenvalue weighted by Crippen LogP contribution is 2.65. The van der Waals surface area contributed by atoms with Gasteiger partial charge in [0.05, 0.1) is 16.9 Å². The first-order valence-corrected chi connectivity index (χ1v) is 31.5. The molecule has 426 valence electrons. The lowest BCUT2D eigenvalue weighted by atomic mass is 9.33. The summed E-state index contributed by atoms with van der Waals surface area (Å²) in [6, 6.07) is 84.6. The lowest BCUT2D eigenvalue weighted by Gasteiger charge is -2.52. The van der Waals surface area contributed by atoms with Gasteiger partial charge in [0.15, 0.2) is 0 Å². The molecule has 0 spiro atoms. The van der Waals surface area contributed by atoms with Crippen LogP contribution in [0.5, 0.6) is 0 Å². The Kier molecular flexibility index (Phi) is 12.4. The van der Waals surface area contributed by atoms with Gasteiger partial charge >= 0.3 is 0 Å². The number of benzene rings is 10. The van der Waals surface area contributed by atoms with E-state index in [1.165, 1.54) is 117 Å². The summed E-state index contributed by atoms with van der Waals surface area (Å²) in [4.78, 5) is 8.16. The minimum absolute atomic E-state index is 0.0893. The minimum Gasteiger partial charge on any atom is -0.330 e. The second kappa shape index (κ2) is 19.7. The molecule has 4 heteroatoms. The number of fused-ring (bicyclic) bond motifs is 9. The van der Waals surface area contributed by atoms with Crippen molar-refractivity contribution in [2.75, 3.05) is 14.7 Å². The fraction of sp³-hybridized carbons (Fsp3) is 0.217. The summed E-state index contributed by atoms with van der Waals surface area (Å²) in [6.45, 7) is 26.1. The quantitative estimate of drug-likeness (QED) is 0.116. The van der Waals surface area contributed by atoms with Crippen LogP contribution in [-0.4, -0.2) is 6.71 Å². The van der Waals surface area contributed by atoms with E-state index in [2.05, 4.69) is 327 Å². The molecule has 10 aromatic carbocycles. The van der Waals surface area contributed by atoms with Crippen LogP contribution in [0.4, 0.5) is 45.5 Å². The first kappa shape index (κ1) is 54.6. The van der Waals surface area contributed by atoms with Gasteiger partial charge in [-0.1, -0.05) is 233 Å². The van der Waals surface area contributed by atoms with Crippen molar-refractivity contribution in [3.05, 3.63) is 281 Å². The predicted molar refractivity (Wildman–Crippen MR) is 372 cm³/mol. The van der Waals surface area contributed by atoms with Crippen LogP contribution < -0.4 is 31.1 Å². The highest BCUT2D eigenvalue weighted by atomic mass is 15.3. The van der Waals surface area contributed by atoms with Crippen LogP contribution in [0, 0.1) is 0 Å². The molecule has 2 unspecified atom stereocenters. The van der Waals surface area contributed by atoms with Crippen molar-refractivity contribution in [3.8, 4) is 33.4 Å². The van der Waals surface area contributed by atoms with E-state index in [1.54, 1.807) is 0 Å². The van der Waals surface area contributed by atoms with Gasteiger partial charge in [-0.2, -0.15) is 0 Å². The third kappa shape index (κ3) is 8.54. The van der Waals surface area contributed by atoms with E-state index in [0.717, 1.165) is 35.5 Å². The van der Waals surface area contributed by atoms with E-state index in [0.29, 0.717) is 0 Å². The molecule has 2 atom stereocenters. The smallest absolute Gasteiger partial charge is 0.252 e. The molecule has 0 amide bonds. The molecule has 15 rings (SSSR count). The molecule has 0 saturated carbocycles. The largest absolute Gasteiger partial charge is 0.330 e. The number of aryl methyl sites for hydroxylation is 1. The SMILES string of the molecule is CC(C)(C)c1ccc(N2c3ccc(-c4ccccc4)cc3B3c4ccc(C(C)(C)C)cc4N(c4ccc(C(C)(C)C)cc4-c4ccccc4)c4cc(N5c6ccc(C7=C=CC=C7)cc6C6(C)CCc7ccccc7C56C)cc2c43)c(-c2ccccc2)c1. The van der Waals surface area contributed by atoms with Gasteiger partial charge in [0.25, 0.3) is 6.71 Å². The molecule has 0 bridgehead atoms. The topological polar surface area (TPSA) is 9.72 Å². The average molecular weight is 1130 g/mol. The maximum absolute atomic E-state index is 3.57. The van der Waals surface area contributed by atoms with Gasteiger partial charge in [-0.15, -0.1) is 5.73 Å². The molecule has 5 aliphatic rings. The lowest BCUT2D eigenvalue weighted by molar-refractivity contribution is 0.245. The number of rotatable bonds is 7. The zero-order valence-electron chi connectivity index (χ0n) is 52.3. The van der Waals surface area contributed by atoms with Crippen LogP contribution in [0.1, 0.15) is 122 Å². The molecule has 0 saturated heterocycles. The van der Waals surface area contributed by atoms with Crippen molar-refractivity contribution < 1.29 is 0 Å². The fourth-order valence-electron chi connectivity index (χ4n) is 15.4. The van der Waals surface area contributed by atoms with E-state index in [9.17, 15) is 0 Å². The Labute approximate surface area is 516 Å². The number of nitrogens with zero attached hydrogens (tertiary/aromatic N) is 3. The monoisotopic (exact) mass is 1130 g/mol. The van der Waals surface area contributed by atoms with Crippen molar-refractivity contribution in [3.63, 3.8) is 0 Å². The zero-order valence-corrected chi connectivity index (χ0v) is 52.3. The van der Waals surface area contributed by atoms with Gasteiger partial charge < -0.3 is 14.7 Å². The third-order valence-electron chi connectivity index (χ3n) is 20.4. The molecule has 3 heterocycles. The van der Waals surface area contributed by atoms with Crippen LogP contribution >= 0.6 is 0 Å². The van der Waals surface area contributed by atoms with Crippen LogP contribution in [-0.2, 0) is 33.6 Å². The second-order valence-corrected chi connectivity index (χ2v) is 28.6. The van der Waals surface area contributed by atoms with E-state index in [4.69, 9.17) is 0 Å². The Hall–Kier alpha value is -9.08. The summed E-state index contributed by atoms with van der Waals surface area (Å²) in [5.74, 6) is 0. The Bertz CT molecular complexity index is 4540. The Balaban J connectivity index is 1.12. The molecular weight excluding hydrogens is 1050 g/mol. The molecule has 10 aromatic rings. The first-order chi connectivity index (χ1) is 41.8. The van der Waals surface area contributed by atoms with Crippen molar-refractivity contribution in [2.45, 2.75) is 116 Å². The fourth-order valence-corrected chi connectivity index (χ4v) is 15.4. The van der Waals surface area contributed by atoms with E-state index in [1.807, 2.05) is 6.08 Å². The van der Waals surface area contributed by atoms with Gasteiger partial charge in [0, 0.05) is 56.2 Å². The predicted octanol–water partition coefficient (Wildman–Crippen LogP) is 20.0. The van der Waals surface area contributed by atoms with Crippen LogP contribution in [0.3, 0.4) is 0 Å². The highest BCUT2D eigenvalue weighted by molar-refractivity contribution is 7.00. The summed E-state index contributed by atoms with van der Waals surface area (Å²) in [6.07, 6.45) is 8.39. The zero-order chi connectivity index (χ0) is 59.9. The Morgan fingerprint density at radius 2 is 0.931 bits per heavy atom. The summed E-state index contributed by atoms with van der Waals surface area (Å²) < 4.78 is 0. The molecule has 3 aliphatic heterocycles. The maximum atomic E-state index is 3.57. The standard InChI is InChI=1S/C83H76BN3/c1-79(2,3)61-38-43-71(65(49-61)56-29-17-13-18-30-56)85-74-42-36-60(55-25-15-12-16-26-55)48-70(74)84-69-40-37-63(81(7,8)9)51-75(69)86(72-44-39-62(80(4,5)6)50-66(72)57-31-19-14-20-32-57)77-53-64(52-76(85)78(77)84)87-73-41-35-59(54-27-21-22-28-54)47-68(73)82(10)46-45-58-33-23-24-34-67(58)83(82,87)11/h12-27,29-44,47-53H,45-46H2,1-11H3. The van der Waals surface area contributed by atoms with Crippen molar-refractivity contribution >= 4 is 74.2 Å². The van der Waals surface area contributed by atoms with Gasteiger partial charge in [-0.3, -0.25) is 0 Å². The number of allylic oxidation sites excluding steroid dienone is 3. The van der Waals surface area contributed by atoms with E-state index >= 15 is 0 Å². The van der Waals surface area contributed by atoms with Gasteiger partial charge in [-0.25, -0.2) is 0 Å². The number of hydrogen-bond acceptors (Lipinski definition) is 3. The normalized spacial score (nSPS) is 18.0. The summed E-state index contributed by atoms with van der Waals surface area (Å²) in [5.41, 5.74) is 33.5. The van der Waals surface area contributed by atoms with Gasteiger partial charge in [0.1, 0.15) is 0 Å². The van der Waals surface area contributed by atoms with Crippen molar-refractivity contribution in [1.82, 2.24) is 0 Å². The maximum Gasteiger partial charge on any atom is 0.252 e. The summed E-state index contributed by atoms with van der Waals surface area (Å²) >= 11 is 0. The minimum atomic E-state index is -0.495. The number of anilines is 8. The van der Waals surface area contributed by atoms with Gasteiger partial charge in [0.2, 0.25) is 0 Å². The Morgan fingerprint density at radius 1 is 0.414 bits per heavy atom. The van der Waals surface area contributed by atoms with Crippen molar-refractivity contribution in [1.29, 1.82) is 0 Å². The summed E-state index contributed by atoms with van der Waals surface area (Å²) in [7, 11) is 0. The molecule has 87 heavy (non-hydrogen) atoms. The third-order valence-corrected chi connectivity index (χ3v) is 20.4. The second-order valence-electron chi connectivity index (χ2n) is 28.6. The van der Waals surface area contributed by atoms with Crippen LogP contribution in [0.2, 0.25) is 0 Å². The Morgan fingerprint density at radius 3 is 1.52 bits per heavy atom. The molecule has 0 fully saturated rings. The average Bonchev–Trinajstić information content (AvgIpc) is 1.66. The molecule has 0 radical (unpaired) electrons. The highest BCUT2D eigenvalue weighted by Gasteiger charge is 2.60. The number of hydrogen-bond donors (Lipinski definition) is 0. The van der Waals surface area contributed by atoms with Crippen LogP contribution in [0.25, 0.3) is 39.0 Å². The summed E-state index contributed by atoms with van der Waals surface area (Å²) in [5, 5.41) is 0. The molecule has 3 nitrogen and oxygen atoms in total. The first-order valence-electron chi connectivity index (χ1n) is 31.5.